The third-order valence-electron chi connectivity index (χ3n) is 6.50. The monoisotopic (exact) mass is 407 g/mol. The summed E-state index contributed by atoms with van der Waals surface area (Å²) in [5.41, 5.74) is 5.21. The van der Waals surface area contributed by atoms with E-state index in [0.717, 1.165) is 38.5 Å². The minimum Gasteiger partial charge on any atom is -0.497 e. The van der Waals surface area contributed by atoms with Gasteiger partial charge in [0.25, 0.3) is 0 Å². The summed E-state index contributed by atoms with van der Waals surface area (Å²) in [6.07, 6.45) is 2.40. The summed E-state index contributed by atoms with van der Waals surface area (Å²) in [7, 11) is 1.68. The molecule has 0 spiro atoms. The number of benzene rings is 2. The lowest BCUT2D eigenvalue weighted by Crippen LogP contribution is -2.51. The fourth-order valence-corrected chi connectivity index (χ4v) is 4.27. The van der Waals surface area contributed by atoms with Gasteiger partial charge in [-0.3, -0.25) is 9.69 Å². The van der Waals surface area contributed by atoms with E-state index in [1.165, 1.54) is 35.2 Å². The van der Waals surface area contributed by atoms with E-state index in [2.05, 4.69) is 54.0 Å². The highest BCUT2D eigenvalue weighted by Gasteiger charge is 2.32. The van der Waals surface area contributed by atoms with Crippen molar-refractivity contribution in [2.45, 2.75) is 39.3 Å². The van der Waals surface area contributed by atoms with Gasteiger partial charge in [-0.1, -0.05) is 24.3 Å². The Kier molecular flexibility index (Phi) is 6.28. The summed E-state index contributed by atoms with van der Waals surface area (Å²) >= 11 is 0. The van der Waals surface area contributed by atoms with Gasteiger partial charge in [-0.2, -0.15) is 0 Å². The van der Waals surface area contributed by atoms with Crippen molar-refractivity contribution in [1.29, 1.82) is 0 Å². The zero-order valence-corrected chi connectivity index (χ0v) is 18.4. The van der Waals surface area contributed by atoms with Crippen molar-refractivity contribution in [3.05, 3.63) is 59.2 Å². The Morgan fingerprint density at radius 2 is 1.73 bits per heavy atom. The number of piperazine rings is 1. The summed E-state index contributed by atoms with van der Waals surface area (Å²) in [5, 5.41) is 0. The molecule has 160 valence electrons. The predicted octanol–water partition coefficient (Wildman–Crippen LogP) is 3.63. The Morgan fingerprint density at radius 3 is 2.37 bits per heavy atom. The first kappa shape index (κ1) is 20.7. The fourth-order valence-electron chi connectivity index (χ4n) is 4.27. The maximum Gasteiger partial charge on any atom is 0.236 e. The second kappa shape index (κ2) is 9.09. The molecule has 1 aliphatic carbocycles. The first-order valence-electron chi connectivity index (χ1n) is 11.0. The molecule has 1 amide bonds. The van der Waals surface area contributed by atoms with Crippen molar-refractivity contribution in [2.75, 3.05) is 44.7 Å². The van der Waals surface area contributed by atoms with E-state index in [1.807, 2.05) is 17.0 Å². The molecule has 0 radical (unpaired) electrons. The van der Waals surface area contributed by atoms with Crippen molar-refractivity contribution < 1.29 is 9.53 Å². The number of hydrogen-bond donors (Lipinski definition) is 0. The molecule has 1 saturated carbocycles. The lowest BCUT2D eigenvalue weighted by atomic mass is 10.1. The third kappa shape index (κ3) is 4.78. The molecule has 2 fully saturated rings. The lowest BCUT2D eigenvalue weighted by molar-refractivity contribution is -0.133. The molecule has 5 heteroatoms. The first-order valence-corrected chi connectivity index (χ1v) is 11.0. The van der Waals surface area contributed by atoms with Crippen LogP contribution in [0.15, 0.2) is 42.5 Å². The molecule has 1 saturated heterocycles. The van der Waals surface area contributed by atoms with Crippen LogP contribution in [0.1, 0.15) is 29.5 Å². The van der Waals surface area contributed by atoms with Crippen molar-refractivity contribution in [2.24, 2.45) is 0 Å². The maximum atomic E-state index is 13.0. The van der Waals surface area contributed by atoms with Crippen LogP contribution in [0.25, 0.3) is 0 Å². The summed E-state index contributed by atoms with van der Waals surface area (Å²) in [6.45, 7) is 9.09. The topological polar surface area (TPSA) is 36.0 Å². The van der Waals surface area contributed by atoms with Crippen LogP contribution in [-0.2, 0) is 11.3 Å². The van der Waals surface area contributed by atoms with Gasteiger partial charge in [0.2, 0.25) is 5.91 Å². The van der Waals surface area contributed by atoms with Gasteiger partial charge >= 0.3 is 0 Å². The van der Waals surface area contributed by atoms with Gasteiger partial charge in [-0.05, 0) is 61.6 Å². The molecule has 0 bridgehead atoms. The van der Waals surface area contributed by atoms with Crippen molar-refractivity contribution in [1.82, 2.24) is 9.80 Å². The van der Waals surface area contributed by atoms with E-state index >= 15 is 0 Å². The first-order chi connectivity index (χ1) is 14.5. The van der Waals surface area contributed by atoms with Crippen LogP contribution in [0, 0.1) is 13.8 Å². The number of ether oxygens (including phenoxy) is 1. The highest BCUT2D eigenvalue weighted by molar-refractivity contribution is 5.78. The van der Waals surface area contributed by atoms with E-state index in [-0.39, 0.29) is 5.91 Å². The molecule has 4 rings (SSSR count). The largest absolute Gasteiger partial charge is 0.497 e. The Balaban J connectivity index is 1.33. The normalized spacial score (nSPS) is 16.8. The zero-order valence-electron chi connectivity index (χ0n) is 18.4. The van der Waals surface area contributed by atoms with Crippen LogP contribution in [0.2, 0.25) is 0 Å². The Bertz CT molecular complexity index is 868. The summed E-state index contributed by atoms with van der Waals surface area (Å²) in [4.78, 5) is 19.9. The number of amides is 1. The molecular formula is C25H33N3O2. The van der Waals surface area contributed by atoms with Crippen molar-refractivity contribution in [3.8, 4) is 5.75 Å². The fraction of sp³-hybridized carbons (Fsp3) is 0.480. The molecule has 0 aromatic heterocycles. The van der Waals surface area contributed by atoms with Crippen LogP contribution in [-0.4, -0.2) is 61.6 Å². The minimum atomic E-state index is 0.260. The highest BCUT2D eigenvalue weighted by atomic mass is 16.5. The number of carbonyl (C=O) groups is 1. The Morgan fingerprint density at radius 1 is 1.03 bits per heavy atom. The summed E-state index contributed by atoms with van der Waals surface area (Å²) in [6, 6.07) is 15.2. The molecular weight excluding hydrogens is 374 g/mol. The van der Waals surface area contributed by atoms with Crippen LogP contribution < -0.4 is 9.64 Å². The maximum absolute atomic E-state index is 13.0. The molecule has 0 N–H and O–H groups in total. The van der Waals surface area contributed by atoms with Gasteiger partial charge in [-0.25, -0.2) is 0 Å². The number of rotatable bonds is 7. The van der Waals surface area contributed by atoms with Gasteiger partial charge in [0.15, 0.2) is 0 Å². The number of methoxy groups -OCH3 is 1. The van der Waals surface area contributed by atoms with E-state index in [9.17, 15) is 4.79 Å². The highest BCUT2D eigenvalue weighted by Crippen LogP contribution is 2.29. The van der Waals surface area contributed by atoms with Gasteiger partial charge in [0.05, 0.1) is 13.7 Å². The molecule has 1 heterocycles. The smallest absolute Gasteiger partial charge is 0.236 e. The van der Waals surface area contributed by atoms with Crippen LogP contribution in [0.5, 0.6) is 5.75 Å². The third-order valence-corrected chi connectivity index (χ3v) is 6.50. The second-order valence-corrected chi connectivity index (χ2v) is 8.57. The molecule has 2 aliphatic rings. The minimum absolute atomic E-state index is 0.260. The summed E-state index contributed by atoms with van der Waals surface area (Å²) in [5.74, 6) is 1.13. The van der Waals surface area contributed by atoms with Gasteiger partial charge in [0, 0.05) is 44.5 Å². The molecule has 30 heavy (non-hydrogen) atoms. The van der Waals surface area contributed by atoms with E-state index < -0.39 is 0 Å². The van der Waals surface area contributed by atoms with Crippen molar-refractivity contribution in [3.63, 3.8) is 0 Å². The predicted molar refractivity (Wildman–Crippen MR) is 121 cm³/mol. The number of nitrogens with zero attached hydrogens (tertiary/aromatic N) is 3. The quantitative estimate of drug-likeness (QED) is 0.702. The second-order valence-electron chi connectivity index (χ2n) is 8.57. The average Bonchev–Trinajstić information content (AvgIpc) is 3.61. The number of hydrogen-bond acceptors (Lipinski definition) is 4. The van der Waals surface area contributed by atoms with Gasteiger partial charge in [-0.15, -0.1) is 0 Å². The van der Waals surface area contributed by atoms with Crippen LogP contribution in [0.4, 0.5) is 5.69 Å². The Labute approximate surface area is 180 Å². The molecule has 2 aromatic carbocycles. The number of carbonyl (C=O) groups excluding carboxylic acids is 1. The molecule has 5 nitrogen and oxygen atoms in total. The lowest BCUT2D eigenvalue weighted by Gasteiger charge is -2.38. The molecule has 0 unspecified atom stereocenters. The van der Waals surface area contributed by atoms with Gasteiger partial charge in [0.1, 0.15) is 5.75 Å². The molecule has 1 aliphatic heterocycles. The SMILES string of the molecule is COc1ccc(CN(CC(=O)N2CCN(c3cccc(C)c3C)CC2)C2CC2)cc1. The molecule has 0 atom stereocenters. The van der Waals surface area contributed by atoms with E-state index in [4.69, 9.17) is 4.74 Å². The van der Waals surface area contributed by atoms with E-state index in [1.54, 1.807) is 7.11 Å². The van der Waals surface area contributed by atoms with Gasteiger partial charge < -0.3 is 14.5 Å². The van der Waals surface area contributed by atoms with Crippen molar-refractivity contribution >= 4 is 11.6 Å². The number of anilines is 1. The zero-order chi connectivity index (χ0) is 21.1. The van der Waals surface area contributed by atoms with Crippen LogP contribution in [0.3, 0.4) is 0 Å². The van der Waals surface area contributed by atoms with Crippen LogP contribution >= 0.6 is 0 Å². The summed E-state index contributed by atoms with van der Waals surface area (Å²) < 4.78 is 5.25. The Hall–Kier alpha value is -2.53. The standard InChI is InChI=1S/C25H33N3O2/c1-19-5-4-6-24(20(19)2)26-13-15-27(16-14-26)25(29)18-28(22-9-10-22)17-21-7-11-23(30-3)12-8-21/h4-8,11-12,22H,9-10,13-18H2,1-3H3. The van der Waals surface area contributed by atoms with E-state index in [0.29, 0.717) is 12.6 Å². The average molecular weight is 408 g/mol. The molecule has 2 aromatic rings. The number of aryl methyl sites for hydroxylation is 1.